The maximum atomic E-state index is 12.0. The maximum Gasteiger partial charge on any atom is 0.254 e. The van der Waals surface area contributed by atoms with E-state index < -0.39 is 0 Å². The molecule has 0 spiro atoms. The highest BCUT2D eigenvalue weighted by molar-refractivity contribution is 5.18. The molecule has 0 saturated heterocycles. The van der Waals surface area contributed by atoms with Gasteiger partial charge in [0.15, 0.2) is 0 Å². The summed E-state index contributed by atoms with van der Waals surface area (Å²) in [4.78, 5) is 12.0. The number of hydrogen-bond acceptors (Lipinski definition) is 2. The second-order valence-electron chi connectivity index (χ2n) is 4.96. The second-order valence-corrected chi connectivity index (χ2v) is 4.96. The summed E-state index contributed by atoms with van der Waals surface area (Å²) in [6.07, 6.45) is 2.51. The van der Waals surface area contributed by atoms with Crippen LogP contribution in [0.1, 0.15) is 43.9 Å². The number of nitrogens with zero attached hydrogens (tertiary/aromatic N) is 1. The van der Waals surface area contributed by atoms with E-state index in [1.165, 1.54) is 12.8 Å². The lowest BCUT2D eigenvalue weighted by molar-refractivity contribution is 0.654. The van der Waals surface area contributed by atoms with E-state index in [9.17, 15) is 4.79 Å². The normalized spacial score (nSPS) is 15.8. The monoisotopic (exact) mass is 220 g/mol. The topological polar surface area (TPSA) is 34.0 Å². The summed E-state index contributed by atoms with van der Waals surface area (Å²) in [7, 11) is 1.86. The first kappa shape index (κ1) is 11.4. The molecule has 1 heterocycles. The molecule has 1 aromatic heterocycles. The van der Waals surface area contributed by atoms with Gasteiger partial charge in [0.05, 0.1) is 0 Å². The van der Waals surface area contributed by atoms with Gasteiger partial charge in [-0.2, -0.15) is 0 Å². The Kier molecular flexibility index (Phi) is 3.15. The molecular formula is C13H20N2O. The maximum absolute atomic E-state index is 12.0. The molecule has 1 saturated carbocycles. The van der Waals surface area contributed by atoms with Gasteiger partial charge < -0.3 is 9.88 Å². The minimum atomic E-state index is 0.138. The average molecular weight is 220 g/mol. The third-order valence-electron chi connectivity index (χ3n) is 3.17. The van der Waals surface area contributed by atoms with Gasteiger partial charge in [-0.25, -0.2) is 0 Å². The summed E-state index contributed by atoms with van der Waals surface area (Å²) in [5, 5.41) is 3.38. The Bertz CT molecular complexity index is 430. The summed E-state index contributed by atoms with van der Waals surface area (Å²) >= 11 is 0. The van der Waals surface area contributed by atoms with Gasteiger partial charge in [0, 0.05) is 30.9 Å². The Morgan fingerprint density at radius 2 is 2.12 bits per heavy atom. The minimum Gasteiger partial charge on any atom is -0.315 e. The molecule has 1 aliphatic rings. The zero-order valence-electron chi connectivity index (χ0n) is 10.3. The van der Waals surface area contributed by atoms with Gasteiger partial charge in [0.25, 0.3) is 5.56 Å². The van der Waals surface area contributed by atoms with Crippen molar-refractivity contribution in [1.82, 2.24) is 9.88 Å². The zero-order chi connectivity index (χ0) is 11.7. The number of hydrogen-bond donors (Lipinski definition) is 1. The molecule has 3 heteroatoms. The molecule has 1 fully saturated rings. The predicted molar refractivity (Wildman–Crippen MR) is 65.6 cm³/mol. The first-order valence-electron chi connectivity index (χ1n) is 6.01. The molecule has 16 heavy (non-hydrogen) atoms. The van der Waals surface area contributed by atoms with Crippen LogP contribution in [0.5, 0.6) is 0 Å². The fourth-order valence-corrected chi connectivity index (χ4v) is 1.96. The summed E-state index contributed by atoms with van der Waals surface area (Å²) in [6.45, 7) is 4.92. The molecule has 0 bridgehead atoms. The standard InChI is InChI=1S/C13H20N2O/c1-9(2)12-7-4-10(13(16)15(12)3)8-14-11-5-6-11/h4,7,9,11,14H,5-6,8H2,1-3H3. The lowest BCUT2D eigenvalue weighted by Gasteiger charge is -2.13. The molecule has 0 radical (unpaired) electrons. The van der Waals surface area contributed by atoms with E-state index in [2.05, 4.69) is 25.2 Å². The summed E-state index contributed by atoms with van der Waals surface area (Å²) in [5.74, 6) is 0.392. The second kappa shape index (κ2) is 4.42. The van der Waals surface area contributed by atoms with Crippen molar-refractivity contribution in [1.29, 1.82) is 0 Å². The molecule has 3 nitrogen and oxygen atoms in total. The van der Waals surface area contributed by atoms with Crippen LogP contribution in [0, 0.1) is 0 Å². The van der Waals surface area contributed by atoms with Gasteiger partial charge in [0.1, 0.15) is 0 Å². The smallest absolute Gasteiger partial charge is 0.254 e. The Morgan fingerprint density at radius 3 is 2.69 bits per heavy atom. The van der Waals surface area contributed by atoms with Crippen molar-refractivity contribution in [3.8, 4) is 0 Å². The lowest BCUT2D eigenvalue weighted by Crippen LogP contribution is -2.28. The third-order valence-corrected chi connectivity index (χ3v) is 3.17. The highest BCUT2D eigenvalue weighted by atomic mass is 16.1. The summed E-state index contributed by atoms with van der Waals surface area (Å²) in [6, 6.07) is 4.68. The first-order chi connectivity index (χ1) is 7.59. The predicted octanol–water partition coefficient (Wildman–Crippen LogP) is 1.76. The Balaban J connectivity index is 2.19. The van der Waals surface area contributed by atoms with Crippen LogP contribution in [0.3, 0.4) is 0 Å². The number of nitrogens with one attached hydrogen (secondary N) is 1. The van der Waals surface area contributed by atoms with Crippen LogP contribution in [0.4, 0.5) is 0 Å². The van der Waals surface area contributed by atoms with Crippen molar-refractivity contribution < 1.29 is 0 Å². The van der Waals surface area contributed by atoms with E-state index in [-0.39, 0.29) is 5.56 Å². The van der Waals surface area contributed by atoms with Crippen LogP contribution in [-0.2, 0) is 13.6 Å². The van der Waals surface area contributed by atoms with Crippen LogP contribution in [0.25, 0.3) is 0 Å². The quantitative estimate of drug-likeness (QED) is 0.839. The van der Waals surface area contributed by atoms with E-state index in [4.69, 9.17) is 0 Å². The van der Waals surface area contributed by atoms with Crippen LogP contribution < -0.4 is 10.9 Å². The molecule has 0 amide bonds. The average Bonchev–Trinajstić information content (AvgIpc) is 3.03. The Morgan fingerprint density at radius 1 is 1.44 bits per heavy atom. The fraction of sp³-hybridized carbons (Fsp3) is 0.615. The number of rotatable bonds is 4. The van der Waals surface area contributed by atoms with Crippen molar-refractivity contribution in [3.05, 3.63) is 33.7 Å². The molecule has 0 aliphatic heterocycles. The number of aromatic nitrogens is 1. The van der Waals surface area contributed by atoms with Crippen LogP contribution in [0.2, 0.25) is 0 Å². The molecule has 0 aromatic carbocycles. The molecule has 1 aromatic rings. The van der Waals surface area contributed by atoms with E-state index in [0.29, 0.717) is 18.5 Å². The van der Waals surface area contributed by atoms with Crippen molar-refractivity contribution >= 4 is 0 Å². The molecule has 1 aliphatic carbocycles. The largest absolute Gasteiger partial charge is 0.315 e. The van der Waals surface area contributed by atoms with E-state index in [0.717, 1.165) is 11.3 Å². The van der Waals surface area contributed by atoms with Crippen molar-refractivity contribution in [3.63, 3.8) is 0 Å². The van der Waals surface area contributed by atoms with Crippen molar-refractivity contribution in [2.24, 2.45) is 7.05 Å². The minimum absolute atomic E-state index is 0.138. The van der Waals surface area contributed by atoms with E-state index in [1.807, 2.05) is 13.1 Å². The Labute approximate surface area is 96.5 Å². The first-order valence-corrected chi connectivity index (χ1v) is 6.01. The van der Waals surface area contributed by atoms with Crippen LogP contribution in [0.15, 0.2) is 16.9 Å². The number of pyridine rings is 1. The van der Waals surface area contributed by atoms with Gasteiger partial charge in [-0.05, 0) is 24.8 Å². The van der Waals surface area contributed by atoms with Crippen LogP contribution >= 0.6 is 0 Å². The summed E-state index contributed by atoms with van der Waals surface area (Å²) < 4.78 is 1.77. The van der Waals surface area contributed by atoms with Crippen molar-refractivity contribution in [2.45, 2.75) is 45.2 Å². The third kappa shape index (κ3) is 2.35. The zero-order valence-corrected chi connectivity index (χ0v) is 10.3. The Hall–Kier alpha value is -1.09. The molecular weight excluding hydrogens is 200 g/mol. The fourth-order valence-electron chi connectivity index (χ4n) is 1.96. The van der Waals surface area contributed by atoms with E-state index in [1.54, 1.807) is 4.57 Å². The van der Waals surface area contributed by atoms with Crippen molar-refractivity contribution in [2.75, 3.05) is 0 Å². The van der Waals surface area contributed by atoms with Gasteiger partial charge in [0.2, 0.25) is 0 Å². The van der Waals surface area contributed by atoms with Gasteiger partial charge in [-0.3, -0.25) is 4.79 Å². The SMILES string of the molecule is CC(C)c1ccc(CNC2CC2)c(=O)n1C. The molecule has 2 rings (SSSR count). The molecule has 0 atom stereocenters. The molecule has 88 valence electrons. The highest BCUT2D eigenvalue weighted by Gasteiger charge is 2.20. The van der Waals surface area contributed by atoms with Gasteiger partial charge >= 0.3 is 0 Å². The van der Waals surface area contributed by atoms with Gasteiger partial charge in [-0.15, -0.1) is 0 Å². The highest BCUT2D eigenvalue weighted by Crippen LogP contribution is 2.19. The van der Waals surface area contributed by atoms with Gasteiger partial charge in [-0.1, -0.05) is 19.9 Å². The van der Waals surface area contributed by atoms with E-state index >= 15 is 0 Å². The summed E-state index contributed by atoms with van der Waals surface area (Å²) in [5.41, 5.74) is 2.11. The lowest BCUT2D eigenvalue weighted by atomic mass is 10.1. The molecule has 1 N–H and O–H groups in total. The molecule has 0 unspecified atom stereocenters. The van der Waals surface area contributed by atoms with Crippen LogP contribution in [-0.4, -0.2) is 10.6 Å².